The van der Waals surface area contributed by atoms with E-state index in [1.54, 1.807) is 0 Å². The average molecular weight is 248 g/mol. The molecule has 1 fully saturated rings. The molecule has 0 radical (unpaired) electrons. The second-order valence-corrected chi connectivity index (χ2v) is 7.04. The second kappa shape index (κ2) is 5.98. The summed E-state index contributed by atoms with van der Waals surface area (Å²) in [5.41, 5.74) is 5.81. The quantitative estimate of drug-likeness (QED) is 0.768. The topological polar surface area (TPSA) is 63.4 Å². The summed E-state index contributed by atoms with van der Waals surface area (Å²) in [5.74, 6) is 0.887. The molecule has 1 aliphatic rings. The van der Waals surface area contributed by atoms with E-state index < -0.39 is 9.84 Å². The largest absolute Gasteiger partial charge is 0.329 e. The fourth-order valence-electron chi connectivity index (χ4n) is 2.59. The Labute approximate surface area is 99.1 Å². The van der Waals surface area contributed by atoms with Gasteiger partial charge in [-0.25, -0.2) is 8.42 Å². The molecule has 16 heavy (non-hydrogen) atoms. The smallest absolute Gasteiger partial charge is 0.148 e. The molecule has 0 aromatic heterocycles. The van der Waals surface area contributed by atoms with Gasteiger partial charge in [-0.15, -0.1) is 0 Å². The summed E-state index contributed by atoms with van der Waals surface area (Å²) in [6, 6.07) is 0.375. The van der Waals surface area contributed by atoms with Gasteiger partial charge in [0.05, 0.1) is 5.75 Å². The van der Waals surface area contributed by atoms with E-state index >= 15 is 0 Å². The van der Waals surface area contributed by atoms with Crippen molar-refractivity contribution in [2.45, 2.75) is 32.2 Å². The summed E-state index contributed by atoms with van der Waals surface area (Å²) in [6.07, 6.45) is 4.83. The third-order valence-electron chi connectivity index (χ3n) is 3.55. The van der Waals surface area contributed by atoms with E-state index in [0.717, 1.165) is 13.0 Å². The summed E-state index contributed by atoms with van der Waals surface area (Å²) in [5, 5.41) is 0. The molecule has 2 unspecified atom stereocenters. The van der Waals surface area contributed by atoms with Crippen LogP contribution in [0, 0.1) is 5.92 Å². The van der Waals surface area contributed by atoms with Gasteiger partial charge in [-0.05, 0) is 25.3 Å². The molecule has 1 aliphatic heterocycles. The lowest BCUT2D eigenvalue weighted by Crippen LogP contribution is -2.50. The first kappa shape index (κ1) is 13.9. The summed E-state index contributed by atoms with van der Waals surface area (Å²) < 4.78 is 22.3. The van der Waals surface area contributed by atoms with Crippen molar-refractivity contribution in [3.05, 3.63) is 0 Å². The van der Waals surface area contributed by atoms with Gasteiger partial charge in [-0.2, -0.15) is 0 Å². The molecule has 0 bridgehead atoms. The highest BCUT2D eigenvalue weighted by atomic mass is 32.2. The van der Waals surface area contributed by atoms with Crippen molar-refractivity contribution in [2.75, 3.05) is 31.6 Å². The van der Waals surface area contributed by atoms with Gasteiger partial charge in [-0.1, -0.05) is 13.3 Å². The Bertz CT molecular complexity index is 303. The normalized spacial score (nSPS) is 28.2. The molecule has 0 aromatic carbocycles. The van der Waals surface area contributed by atoms with Crippen LogP contribution in [-0.2, 0) is 9.84 Å². The zero-order valence-corrected chi connectivity index (χ0v) is 11.2. The lowest BCUT2D eigenvalue weighted by Gasteiger charge is -2.40. The SMILES string of the molecule is CCC1CCCN(CCS(C)(=O)=O)C1CN. The molecule has 4 nitrogen and oxygen atoms in total. The molecule has 0 amide bonds. The molecular weight excluding hydrogens is 224 g/mol. The Morgan fingerprint density at radius 1 is 1.44 bits per heavy atom. The highest BCUT2D eigenvalue weighted by molar-refractivity contribution is 7.90. The third kappa shape index (κ3) is 4.03. The van der Waals surface area contributed by atoms with Crippen LogP contribution in [0.15, 0.2) is 0 Å². The molecule has 1 heterocycles. The molecule has 0 aliphatic carbocycles. The van der Waals surface area contributed by atoms with Crippen molar-refractivity contribution in [3.63, 3.8) is 0 Å². The van der Waals surface area contributed by atoms with Gasteiger partial charge in [0.2, 0.25) is 0 Å². The standard InChI is InChI=1S/C11H24N2O2S/c1-3-10-5-4-6-13(11(10)9-12)7-8-16(2,14)15/h10-11H,3-9,12H2,1-2H3. The predicted octanol–water partition coefficient (Wildman–Crippen LogP) is 0.480. The second-order valence-electron chi connectivity index (χ2n) is 4.78. The predicted molar refractivity (Wildman–Crippen MR) is 67.1 cm³/mol. The van der Waals surface area contributed by atoms with Crippen molar-refractivity contribution in [3.8, 4) is 0 Å². The molecule has 5 heteroatoms. The molecule has 0 saturated carbocycles. The molecule has 0 aromatic rings. The van der Waals surface area contributed by atoms with Gasteiger partial charge >= 0.3 is 0 Å². The monoisotopic (exact) mass is 248 g/mol. The van der Waals surface area contributed by atoms with Crippen molar-refractivity contribution in [1.82, 2.24) is 4.90 Å². The fraction of sp³-hybridized carbons (Fsp3) is 1.00. The van der Waals surface area contributed by atoms with E-state index in [4.69, 9.17) is 5.73 Å². The van der Waals surface area contributed by atoms with E-state index in [0.29, 0.717) is 25.0 Å². The number of hydrogen-bond acceptors (Lipinski definition) is 4. The molecule has 1 rings (SSSR count). The van der Waals surface area contributed by atoms with Crippen LogP contribution in [0.3, 0.4) is 0 Å². The number of likely N-dealkylation sites (tertiary alicyclic amines) is 1. The van der Waals surface area contributed by atoms with Crippen molar-refractivity contribution < 1.29 is 8.42 Å². The van der Waals surface area contributed by atoms with Gasteiger partial charge in [0.15, 0.2) is 0 Å². The van der Waals surface area contributed by atoms with Gasteiger partial charge < -0.3 is 5.73 Å². The number of sulfone groups is 1. The highest BCUT2D eigenvalue weighted by Gasteiger charge is 2.29. The van der Waals surface area contributed by atoms with Gasteiger partial charge in [-0.3, -0.25) is 4.90 Å². The Balaban J connectivity index is 2.56. The summed E-state index contributed by atoms with van der Waals surface area (Å²) in [6.45, 7) is 4.46. The van der Waals surface area contributed by atoms with Crippen LogP contribution in [0.4, 0.5) is 0 Å². The van der Waals surface area contributed by atoms with Crippen LogP contribution in [0.1, 0.15) is 26.2 Å². The first-order chi connectivity index (χ1) is 7.48. The van der Waals surface area contributed by atoms with Crippen LogP contribution < -0.4 is 5.73 Å². The minimum Gasteiger partial charge on any atom is -0.329 e. The minimum atomic E-state index is -2.86. The first-order valence-electron chi connectivity index (χ1n) is 6.09. The molecule has 2 N–H and O–H groups in total. The number of nitrogens with zero attached hydrogens (tertiary/aromatic N) is 1. The van der Waals surface area contributed by atoms with E-state index in [1.807, 2.05) is 0 Å². The fourth-order valence-corrected chi connectivity index (χ4v) is 3.16. The molecule has 0 spiro atoms. The number of hydrogen-bond donors (Lipinski definition) is 1. The molecule has 1 saturated heterocycles. The van der Waals surface area contributed by atoms with Gasteiger partial charge in [0, 0.05) is 25.4 Å². The van der Waals surface area contributed by atoms with Crippen molar-refractivity contribution in [1.29, 1.82) is 0 Å². The van der Waals surface area contributed by atoms with Gasteiger partial charge in [0.25, 0.3) is 0 Å². The average Bonchev–Trinajstić information content (AvgIpc) is 2.24. The zero-order chi connectivity index (χ0) is 12.2. The molecular formula is C11H24N2O2S. The Morgan fingerprint density at radius 3 is 2.62 bits per heavy atom. The lowest BCUT2D eigenvalue weighted by molar-refractivity contribution is 0.102. The van der Waals surface area contributed by atoms with E-state index in [9.17, 15) is 8.42 Å². The van der Waals surface area contributed by atoms with Gasteiger partial charge in [0.1, 0.15) is 9.84 Å². The van der Waals surface area contributed by atoms with Crippen LogP contribution in [0.2, 0.25) is 0 Å². The zero-order valence-electron chi connectivity index (χ0n) is 10.4. The van der Waals surface area contributed by atoms with Crippen LogP contribution >= 0.6 is 0 Å². The maximum absolute atomic E-state index is 11.2. The van der Waals surface area contributed by atoms with Crippen LogP contribution in [0.25, 0.3) is 0 Å². The Hall–Kier alpha value is -0.130. The summed E-state index contributed by atoms with van der Waals surface area (Å²) >= 11 is 0. The van der Waals surface area contributed by atoms with Crippen LogP contribution in [0.5, 0.6) is 0 Å². The lowest BCUT2D eigenvalue weighted by atomic mass is 9.87. The van der Waals surface area contributed by atoms with Crippen molar-refractivity contribution in [2.24, 2.45) is 11.7 Å². The van der Waals surface area contributed by atoms with E-state index in [-0.39, 0.29) is 5.75 Å². The minimum absolute atomic E-state index is 0.250. The number of nitrogens with two attached hydrogens (primary N) is 1. The Kier molecular flexibility index (Phi) is 5.21. The van der Waals surface area contributed by atoms with E-state index in [2.05, 4.69) is 11.8 Å². The maximum Gasteiger partial charge on any atom is 0.148 e. The third-order valence-corrected chi connectivity index (χ3v) is 4.47. The number of rotatable bonds is 5. The maximum atomic E-state index is 11.2. The first-order valence-corrected chi connectivity index (χ1v) is 8.15. The summed E-state index contributed by atoms with van der Waals surface area (Å²) in [4.78, 5) is 2.26. The Morgan fingerprint density at radius 2 is 2.12 bits per heavy atom. The van der Waals surface area contributed by atoms with Crippen LogP contribution in [-0.4, -0.2) is 51.0 Å². The molecule has 96 valence electrons. The molecule has 2 atom stereocenters. The van der Waals surface area contributed by atoms with Crippen molar-refractivity contribution >= 4 is 9.84 Å². The highest BCUT2D eigenvalue weighted by Crippen LogP contribution is 2.25. The summed E-state index contributed by atoms with van der Waals surface area (Å²) in [7, 11) is -2.86. The number of piperidine rings is 1. The van der Waals surface area contributed by atoms with E-state index in [1.165, 1.54) is 19.1 Å².